The fraction of sp³-hybridized carbons (Fsp3) is 0.0526. The van der Waals surface area contributed by atoms with E-state index in [1.807, 2.05) is 6.07 Å². The first kappa shape index (κ1) is 21.9. The molecule has 2 N–H and O–H groups in total. The van der Waals surface area contributed by atoms with Crippen molar-refractivity contribution >= 4 is 66.5 Å². The Morgan fingerprint density at radius 1 is 1.19 bits per heavy atom. The van der Waals surface area contributed by atoms with E-state index in [0.29, 0.717) is 19.6 Å². The van der Waals surface area contributed by atoms with Gasteiger partial charge in [0.1, 0.15) is 16.8 Å². The molecule has 0 aliphatic heterocycles. The van der Waals surface area contributed by atoms with Crippen molar-refractivity contribution in [2.24, 2.45) is 0 Å². The third-order valence-electron chi connectivity index (χ3n) is 4.27. The predicted molar refractivity (Wildman–Crippen MR) is 123 cm³/mol. The van der Waals surface area contributed by atoms with Crippen molar-refractivity contribution in [3.05, 3.63) is 68.2 Å². The molecule has 160 valence electrons. The normalized spacial score (nSPS) is 10.7. The van der Waals surface area contributed by atoms with Gasteiger partial charge in [0.05, 0.1) is 28.5 Å². The van der Waals surface area contributed by atoms with Gasteiger partial charge in [0.15, 0.2) is 11.5 Å². The molecule has 0 aliphatic rings. The largest absolute Gasteiger partial charge is 0.338 e. The van der Waals surface area contributed by atoms with Gasteiger partial charge in [0.2, 0.25) is 0 Å². The average molecular weight is 579 g/mol. The summed E-state index contributed by atoms with van der Waals surface area (Å²) in [6.45, 7) is -0.209. The predicted octanol–water partition coefficient (Wildman–Crippen LogP) is 3.60. The Morgan fingerprint density at radius 2 is 2.00 bits per heavy atom. The Hall–Kier alpha value is -3.27. The molecular weight excluding hydrogens is 568 g/mol. The van der Waals surface area contributed by atoms with Crippen molar-refractivity contribution in [3.8, 4) is 11.9 Å². The highest BCUT2D eigenvalue weighted by Gasteiger charge is 2.24. The van der Waals surface area contributed by atoms with Crippen molar-refractivity contribution in [3.63, 3.8) is 0 Å². The van der Waals surface area contributed by atoms with Crippen LogP contribution in [0.15, 0.2) is 51.8 Å². The van der Waals surface area contributed by atoms with E-state index < -0.39 is 11.8 Å². The summed E-state index contributed by atoms with van der Waals surface area (Å²) in [5.41, 5.74) is 0.944. The van der Waals surface area contributed by atoms with Gasteiger partial charge in [-0.25, -0.2) is 14.2 Å². The summed E-state index contributed by atoms with van der Waals surface area (Å²) in [5, 5.41) is 22.7. The molecule has 0 fully saturated rings. The van der Waals surface area contributed by atoms with E-state index in [0.717, 1.165) is 0 Å². The van der Waals surface area contributed by atoms with Crippen molar-refractivity contribution in [2.75, 3.05) is 11.9 Å². The number of rotatable bonds is 5. The van der Waals surface area contributed by atoms with Gasteiger partial charge in [-0.3, -0.25) is 9.59 Å². The molecule has 0 unspecified atom stereocenters. The number of hydrogen-bond acceptors (Lipinski definition) is 6. The number of carbonyl (C=O) groups is 2. The maximum absolute atomic E-state index is 13.3. The molecule has 0 aromatic carbocycles. The van der Waals surface area contributed by atoms with Crippen molar-refractivity contribution < 1.29 is 9.59 Å². The summed E-state index contributed by atoms with van der Waals surface area (Å²) >= 11 is 12.9. The number of carbonyl (C=O) groups excluding carboxylic acids is 2. The molecule has 0 saturated carbocycles. The minimum atomic E-state index is -0.584. The highest BCUT2D eigenvalue weighted by atomic mass is 79.9. The molecule has 0 radical (unpaired) electrons. The van der Waals surface area contributed by atoms with Crippen molar-refractivity contribution in [2.45, 2.75) is 0 Å². The van der Waals surface area contributed by atoms with Gasteiger partial charge in [-0.1, -0.05) is 11.6 Å². The Labute approximate surface area is 202 Å². The van der Waals surface area contributed by atoms with E-state index >= 15 is 0 Å². The van der Waals surface area contributed by atoms with Crippen LogP contribution in [0.1, 0.15) is 21.0 Å². The lowest BCUT2D eigenvalue weighted by Gasteiger charge is -2.15. The maximum Gasteiger partial charge on any atom is 0.274 e. The summed E-state index contributed by atoms with van der Waals surface area (Å²) < 4.78 is 3.49. The molecule has 4 rings (SSSR count). The second kappa shape index (κ2) is 9.07. The molecule has 0 spiro atoms. The smallest absolute Gasteiger partial charge is 0.274 e. The van der Waals surface area contributed by atoms with E-state index in [4.69, 9.17) is 16.9 Å². The van der Waals surface area contributed by atoms with Gasteiger partial charge in [-0.15, -0.1) is 0 Å². The number of pyridine rings is 2. The number of nitrogens with zero attached hydrogens (tertiary/aromatic N) is 6. The van der Waals surface area contributed by atoms with Gasteiger partial charge in [-0.2, -0.15) is 15.5 Å². The number of halogens is 3. The monoisotopic (exact) mass is 576 g/mol. The highest BCUT2D eigenvalue weighted by Crippen LogP contribution is 2.30. The van der Waals surface area contributed by atoms with Gasteiger partial charge >= 0.3 is 0 Å². The van der Waals surface area contributed by atoms with Gasteiger partial charge in [0, 0.05) is 16.7 Å². The maximum atomic E-state index is 13.3. The zero-order chi connectivity index (χ0) is 22.8. The number of nitriles is 1. The molecule has 0 atom stereocenters. The standard InChI is InChI=1S/C19H11Br2ClN8O2/c20-11-8-10-3-6-26-29(10)16(19(32)25-7-4-23)15(11)27-18(31)13-9-14(21)28-30(13)17-12(22)2-1-5-24-17/h1-3,5-6,8-9H,7H2,(H,25,32)(H,27,31). The number of hydrogen-bond donors (Lipinski definition) is 2. The number of nitrogens with one attached hydrogen (secondary N) is 2. The highest BCUT2D eigenvalue weighted by molar-refractivity contribution is 9.10. The fourth-order valence-corrected chi connectivity index (χ4v) is 4.05. The molecule has 0 saturated heterocycles. The Morgan fingerprint density at radius 3 is 2.75 bits per heavy atom. The zero-order valence-electron chi connectivity index (χ0n) is 15.9. The minimum Gasteiger partial charge on any atom is -0.338 e. The lowest BCUT2D eigenvalue weighted by molar-refractivity contribution is 0.0952. The number of aromatic nitrogens is 5. The first-order valence-electron chi connectivity index (χ1n) is 8.90. The van der Waals surface area contributed by atoms with Crippen molar-refractivity contribution in [1.82, 2.24) is 29.7 Å². The van der Waals surface area contributed by atoms with E-state index in [9.17, 15) is 9.59 Å². The van der Waals surface area contributed by atoms with Crippen LogP contribution in [0.5, 0.6) is 0 Å². The lowest BCUT2D eigenvalue weighted by atomic mass is 10.2. The molecule has 32 heavy (non-hydrogen) atoms. The molecule has 13 heteroatoms. The van der Waals surface area contributed by atoms with Crippen LogP contribution in [0.4, 0.5) is 5.69 Å². The number of anilines is 1. The van der Waals surface area contributed by atoms with E-state index in [-0.39, 0.29) is 29.4 Å². The van der Waals surface area contributed by atoms with Gasteiger partial charge < -0.3 is 10.6 Å². The van der Waals surface area contributed by atoms with Crippen molar-refractivity contribution in [1.29, 1.82) is 5.26 Å². The second-order valence-corrected chi connectivity index (χ2v) is 8.33. The molecule has 0 bridgehead atoms. The first-order chi connectivity index (χ1) is 15.4. The van der Waals surface area contributed by atoms with Crippen LogP contribution < -0.4 is 10.6 Å². The summed E-state index contributed by atoms with van der Waals surface area (Å²) in [7, 11) is 0. The van der Waals surface area contributed by atoms with Crippen LogP contribution in [0.3, 0.4) is 0 Å². The number of fused-ring (bicyclic) bond motifs is 1. The van der Waals surface area contributed by atoms with Crippen LogP contribution in [0.2, 0.25) is 5.02 Å². The van der Waals surface area contributed by atoms with Gasteiger partial charge in [-0.05, 0) is 56.1 Å². The third-order valence-corrected chi connectivity index (χ3v) is 5.58. The summed E-state index contributed by atoms with van der Waals surface area (Å²) in [5.74, 6) is -0.899. The lowest BCUT2D eigenvalue weighted by Crippen LogP contribution is -2.28. The quantitative estimate of drug-likeness (QED) is 0.348. The van der Waals surface area contributed by atoms with E-state index in [1.54, 1.807) is 24.3 Å². The third kappa shape index (κ3) is 4.10. The molecule has 4 aromatic rings. The van der Waals surface area contributed by atoms with E-state index in [1.165, 1.54) is 27.7 Å². The molecule has 4 aromatic heterocycles. The molecule has 4 heterocycles. The first-order valence-corrected chi connectivity index (χ1v) is 10.9. The molecule has 0 aliphatic carbocycles. The Balaban J connectivity index is 1.79. The van der Waals surface area contributed by atoms with Crippen LogP contribution in [-0.2, 0) is 0 Å². The summed E-state index contributed by atoms with van der Waals surface area (Å²) in [6, 6.07) is 10.0. The van der Waals surface area contributed by atoms with Crippen LogP contribution >= 0.6 is 43.5 Å². The second-order valence-electron chi connectivity index (χ2n) is 6.25. The SMILES string of the molecule is N#CCNC(=O)c1c(NC(=O)c2cc(Br)nn2-c2ncccc2Cl)c(Br)cc2ccnn12. The van der Waals surface area contributed by atoms with E-state index in [2.05, 4.69) is 57.7 Å². The Kier molecular flexibility index (Phi) is 6.22. The Bertz CT molecular complexity index is 1410. The molecule has 10 nitrogen and oxygen atoms in total. The minimum absolute atomic E-state index is 0.0453. The van der Waals surface area contributed by atoms with Gasteiger partial charge in [0.25, 0.3) is 11.8 Å². The summed E-state index contributed by atoms with van der Waals surface area (Å²) in [4.78, 5) is 30.2. The molecule has 2 amide bonds. The number of amides is 2. The van der Waals surface area contributed by atoms with Crippen LogP contribution in [0, 0.1) is 11.3 Å². The topological polar surface area (TPSA) is 130 Å². The average Bonchev–Trinajstić information content (AvgIpc) is 3.38. The zero-order valence-corrected chi connectivity index (χ0v) is 19.8. The van der Waals surface area contributed by atoms with Crippen LogP contribution in [0.25, 0.3) is 11.3 Å². The van der Waals surface area contributed by atoms with Crippen LogP contribution in [-0.4, -0.2) is 42.7 Å². The fourth-order valence-electron chi connectivity index (χ4n) is 2.95. The molecular formula is C19H11Br2ClN8O2. The summed E-state index contributed by atoms with van der Waals surface area (Å²) in [6.07, 6.45) is 3.04.